The Morgan fingerprint density at radius 3 is 2.25 bits per heavy atom. The molecule has 0 heterocycles. The van der Waals surface area contributed by atoms with Crippen LogP contribution in [0.25, 0.3) is 0 Å². The number of carbonyl (C=O) groups is 1. The van der Waals surface area contributed by atoms with E-state index < -0.39 is 39.7 Å². The van der Waals surface area contributed by atoms with E-state index in [0.717, 1.165) is 0 Å². The fraction of sp³-hybridized carbons (Fsp3) is 0.889. The smallest absolute Gasteiger partial charge is 0.321 e. The molecule has 0 aliphatic heterocycles. The number of unbranched alkanes of at least 4 members (excludes halogenated alkanes) is 1. The molecule has 0 bridgehead atoms. The molecule has 1 unspecified atom stereocenters. The summed E-state index contributed by atoms with van der Waals surface area (Å²) >= 11 is 0. The van der Waals surface area contributed by atoms with Crippen LogP contribution in [0.15, 0.2) is 0 Å². The van der Waals surface area contributed by atoms with Crippen LogP contribution in [-0.4, -0.2) is 36.9 Å². The molecule has 0 rings (SSSR count). The van der Waals surface area contributed by atoms with Gasteiger partial charge in [-0.2, -0.15) is 0 Å². The first-order valence-corrected chi connectivity index (χ1v) is 6.75. The maximum atomic E-state index is 11.9. The maximum absolute atomic E-state index is 11.9. The van der Waals surface area contributed by atoms with Gasteiger partial charge < -0.3 is 5.11 Å². The number of alkyl halides is 2. The van der Waals surface area contributed by atoms with E-state index in [1.807, 2.05) is 0 Å². The van der Waals surface area contributed by atoms with Gasteiger partial charge in [-0.05, 0) is 6.42 Å². The molecule has 16 heavy (non-hydrogen) atoms. The van der Waals surface area contributed by atoms with Crippen LogP contribution < -0.4 is 0 Å². The minimum atomic E-state index is -3.97. The first-order valence-electron chi connectivity index (χ1n) is 5.03. The predicted octanol–water partition coefficient (Wildman–Crippen LogP) is 1.70. The van der Waals surface area contributed by atoms with Crippen LogP contribution in [0, 0.1) is 0 Å². The van der Waals surface area contributed by atoms with Crippen LogP contribution in [0.5, 0.6) is 0 Å². The molecule has 4 nitrogen and oxygen atoms in total. The van der Waals surface area contributed by atoms with Crippen LogP contribution in [0.3, 0.4) is 0 Å². The Bertz CT molecular complexity index is 313. The average molecular weight is 258 g/mol. The molecular weight excluding hydrogens is 242 g/mol. The van der Waals surface area contributed by atoms with Crippen molar-refractivity contribution in [2.45, 2.75) is 44.3 Å². The lowest BCUT2D eigenvalue weighted by atomic mass is 10.2. The lowest BCUT2D eigenvalue weighted by molar-refractivity contribution is -0.136. The summed E-state index contributed by atoms with van der Waals surface area (Å²) in [5.41, 5.74) is 0. The molecule has 7 heteroatoms. The lowest BCUT2D eigenvalue weighted by Gasteiger charge is -2.12. The summed E-state index contributed by atoms with van der Waals surface area (Å²) in [4.78, 5) is 10.7. The third-order valence-electron chi connectivity index (χ3n) is 2.15. The lowest BCUT2D eigenvalue weighted by Crippen LogP contribution is -2.32. The second-order valence-electron chi connectivity index (χ2n) is 3.52. The van der Waals surface area contributed by atoms with Gasteiger partial charge in [0, 0.05) is 6.42 Å². The van der Waals surface area contributed by atoms with E-state index in [1.165, 1.54) is 0 Å². The molecule has 0 radical (unpaired) electrons. The van der Waals surface area contributed by atoms with Crippen LogP contribution >= 0.6 is 0 Å². The summed E-state index contributed by atoms with van der Waals surface area (Å²) in [6.07, 6.45) is -2.44. The Morgan fingerprint density at radius 2 is 1.88 bits per heavy atom. The quantitative estimate of drug-likeness (QED) is 0.719. The van der Waals surface area contributed by atoms with Crippen molar-refractivity contribution in [2.24, 2.45) is 0 Å². The molecular formula is C9H16F2O4S. The third-order valence-corrected chi connectivity index (χ3v) is 4.26. The second-order valence-corrected chi connectivity index (χ2v) is 5.82. The number of rotatable bonds is 8. The highest BCUT2D eigenvalue weighted by Gasteiger charge is 2.32. The Hall–Kier alpha value is -0.720. The zero-order valence-electron chi connectivity index (χ0n) is 9.03. The SMILES string of the molecule is CCCCC(C(=O)O)S(=O)(=O)CCC(F)F. The van der Waals surface area contributed by atoms with Gasteiger partial charge in [-0.25, -0.2) is 17.2 Å². The van der Waals surface area contributed by atoms with E-state index in [4.69, 9.17) is 5.11 Å². The molecule has 0 spiro atoms. The van der Waals surface area contributed by atoms with Gasteiger partial charge in [0.15, 0.2) is 15.1 Å². The zero-order valence-corrected chi connectivity index (χ0v) is 9.84. The van der Waals surface area contributed by atoms with Gasteiger partial charge in [-0.15, -0.1) is 0 Å². The molecule has 0 amide bonds. The highest BCUT2D eigenvalue weighted by molar-refractivity contribution is 7.92. The second kappa shape index (κ2) is 6.78. The monoisotopic (exact) mass is 258 g/mol. The summed E-state index contributed by atoms with van der Waals surface area (Å²) in [5.74, 6) is -2.23. The van der Waals surface area contributed by atoms with Crippen molar-refractivity contribution in [3.63, 3.8) is 0 Å². The van der Waals surface area contributed by atoms with Crippen LogP contribution in [0.4, 0.5) is 8.78 Å². The number of carboxylic acid groups (broad SMARTS) is 1. The molecule has 0 fully saturated rings. The fourth-order valence-electron chi connectivity index (χ4n) is 1.24. The largest absolute Gasteiger partial charge is 0.480 e. The molecule has 0 saturated heterocycles. The summed E-state index contributed by atoms with van der Waals surface area (Å²) in [5, 5.41) is 7.18. The molecule has 0 aromatic heterocycles. The van der Waals surface area contributed by atoms with Gasteiger partial charge in [0.1, 0.15) is 0 Å². The standard InChI is InChI=1S/C9H16F2O4S/c1-2-3-4-7(9(12)13)16(14,15)6-5-8(10)11/h7-8H,2-6H2,1H3,(H,12,13). The van der Waals surface area contributed by atoms with E-state index >= 15 is 0 Å². The first kappa shape index (κ1) is 15.3. The minimum absolute atomic E-state index is 0.0165. The van der Waals surface area contributed by atoms with E-state index in [-0.39, 0.29) is 6.42 Å². The molecule has 0 saturated carbocycles. The van der Waals surface area contributed by atoms with Gasteiger partial charge >= 0.3 is 5.97 Å². The number of sulfone groups is 1. The first-order chi connectivity index (χ1) is 7.31. The average Bonchev–Trinajstić information content (AvgIpc) is 2.14. The van der Waals surface area contributed by atoms with Gasteiger partial charge in [-0.1, -0.05) is 19.8 Å². The predicted molar refractivity (Wildman–Crippen MR) is 55.4 cm³/mol. The van der Waals surface area contributed by atoms with Gasteiger partial charge in [0.05, 0.1) is 5.75 Å². The summed E-state index contributed by atoms with van der Waals surface area (Å²) in [6, 6.07) is 0. The van der Waals surface area contributed by atoms with E-state index in [2.05, 4.69) is 0 Å². The number of carboxylic acids is 1. The summed E-state index contributed by atoms with van der Waals surface area (Å²) < 4.78 is 46.7. The number of hydrogen-bond acceptors (Lipinski definition) is 3. The van der Waals surface area contributed by atoms with Gasteiger partial charge in [0.2, 0.25) is 6.43 Å². The van der Waals surface area contributed by atoms with Gasteiger partial charge in [0.25, 0.3) is 0 Å². The highest BCUT2D eigenvalue weighted by atomic mass is 32.2. The van der Waals surface area contributed by atoms with Crippen molar-refractivity contribution in [1.29, 1.82) is 0 Å². The molecule has 0 aromatic carbocycles. The molecule has 0 aliphatic carbocycles. The molecule has 1 N–H and O–H groups in total. The maximum Gasteiger partial charge on any atom is 0.321 e. The van der Waals surface area contributed by atoms with Crippen molar-refractivity contribution in [3.05, 3.63) is 0 Å². The third kappa shape index (κ3) is 5.39. The topological polar surface area (TPSA) is 71.4 Å². The minimum Gasteiger partial charge on any atom is -0.480 e. The Morgan fingerprint density at radius 1 is 1.31 bits per heavy atom. The van der Waals surface area contributed by atoms with E-state index in [0.29, 0.717) is 12.8 Å². The van der Waals surface area contributed by atoms with E-state index in [1.54, 1.807) is 6.92 Å². The van der Waals surface area contributed by atoms with Crippen LogP contribution in [0.2, 0.25) is 0 Å². The number of hydrogen-bond donors (Lipinski definition) is 1. The van der Waals surface area contributed by atoms with Crippen LogP contribution in [-0.2, 0) is 14.6 Å². The van der Waals surface area contributed by atoms with Gasteiger partial charge in [-0.3, -0.25) is 4.79 Å². The Kier molecular flexibility index (Phi) is 6.47. The van der Waals surface area contributed by atoms with Crippen molar-refractivity contribution < 1.29 is 27.1 Å². The van der Waals surface area contributed by atoms with Crippen LogP contribution in [0.1, 0.15) is 32.6 Å². The molecule has 0 aliphatic rings. The normalized spacial score (nSPS) is 14.0. The Labute approximate surface area is 93.6 Å². The molecule has 96 valence electrons. The van der Waals surface area contributed by atoms with Crippen molar-refractivity contribution >= 4 is 15.8 Å². The Balaban J connectivity index is 4.57. The van der Waals surface area contributed by atoms with Crippen molar-refractivity contribution in [3.8, 4) is 0 Å². The summed E-state index contributed by atoms with van der Waals surface area (Å²) in [6.45, 7) is 1.80. The molecule has 1 atom stereocenters. The highest BCUT2D eigenvalue weighted by Crippen LogP contribution is 2.14. The van der Waals surface area contributed by atoms with Crippen molar-refractivity contribution in [1.82, 2.24) is 0 Å². The fourth-order valence-corrected chi connectivity index (χ4v) is 2.87. The molecule has 0 aromatic rings. The summed E-state index contributed by atoms with van der Waals surface area (Å²) in [7, 11) is -3.97. The van der Waals surface area contributed by atoms with E-state index in [9.17, 15) is 22.0 Å². The number of aliphatic carboxylic acids is 1. The zero-order chi connectivity index (χ0) is 12.8. The van der Waals surface area contributed by atoms with Crippen molar-refractivity contribution in [2.75, 3.05) is 5.75 Å². The number of halogens is 2.